The number of nitrogens with one attached hydrogen (secondary N) is 1. The van der Waals surface area contributed by atoms with E-state index in [0.717, 1.165) is 30.0 Å². The summed E-state index contributed by atoms with van der Waals surface area (Å²) >= 11 is 0. The lowest BCUT2D eigenvalue weighted by Gasteiger charge is -2.30. The Hall–Kier alpha value is -2.82. The summed E-state index contributed by atoms with van der Waals surface area (Å²) in [5.41, 5.74) is 3.39. The molecule has 4 rings (SSSR count). The minimum atomic E-state index is -0.187. The van der Waals surface area contributed by atoms with Gasteiger partial charge in [-0.2, -0.15) is 0 Å². The molecule has 1 atom stereocenters. The van der Waals surface area contributed by atoms with Gasteiger partial charge < -0.3 is 15.1 Å². The number of hydrogen-bond donors (Lipinski definition) is 1. The van der Waals surface area contributed by atoms with Gasteiger partial charge in [-0.3, -0.25) is 4.79 Å². The lowest BCUT2D eigenvalue weighted by molar-refractivity contribution is -0.110. The Labute approximate surface area is 153 Å². The van der Waals surface area contributed by atoms with E-state index in [9.17, 15) is 4.79 Å². The number of rotatable bonds is 4. The van der Waals surface area contributed by atoms with E-state index >= 15 is 0 Å². The predicted molar refractivity (Wildman–Crippen MR) is 103 cm³/mol. The van der Waals surface area contributed by atoms with Crippen molar-refractivity contribution in [1.29, 1.82) is 0 Å². The summed E-state index contributed by atoms with van der Waals surface area (Å²) in [6, 6.07) is 17.9. The number of benzene rings is 2. The van der Waals surface area contributed by atoms with E-state index in [1.165, 1.54) is 19.3 Å². The van der Waals surface area contributed by atoms with E-state index in [0.29, 0.717) is 12.1 Å². The molecular weight excluding hydrogens is 326 g/mol. The summed E-state index contributed by atoms with van der Waals surface area (Å²) in [6.07, 6.45) is 3.97. The summed E-state index contributed by atoms with van der Waals surface area (Å²) in [7, 11) is 0. The molecule has 0 aliphatic carbocycles. The monoisotopic (exact) mass is 349 g/mol. The third-order valence-corrected chi connectivity index (χ3v) is 4.95. The predicted octanol–water partition coefficient (Wildman–Crippen LogP) is 4.13. The first-order valence-corrected chi connectivity index (χ1v) is 9.24. The third-order valence-electron chi connectivity index (χ3n) is 4.95. The fourth-order valence-electron chi connectivity index (χ4n) is 3.54. The highest BCUT2D eigenvalue weighted by Crippen LogP contribution is 2.30. The summed E-state index contributed by atoms with van der Waals surface area (Å²) in [5, 5.41) is 7.05. The Morgan fingerprint density at radius 2 is 1.73 bits per heavy atom. The average Bonchev–Trinajstić information content (AvgIpc) is 3.20. The van der Waals surface area contributed by atoms with Gasteiger partial charge in [0.1, 0.15) is 5.71 Å². The second-order valence-corrected chi connectivity index (χ2v) is 6.77. The Kier molecular flexibility index (Phi) is 4.86. The van der Waals surface area contributed by atoms with Crippen molar-refractivity contribution in [2.45, 2.75) is 31.8 Å². The Morgan fingerprint density at radius 3 is 2.54 bits per heavy atom. The zero-order chi connectivity index (χ0) is 17.8. The van der Waals surface area contributed by atoms with Crippen molar-refractivity contribution in [2.24, 2.45) is 5.16 Å². The lowest BCUT2D eigenvalue weighted by Crippen LogP contribution is -2.31. The van der Waals surface area contributed by atoms with Gasteiger partial charge in [-0.15, -0.1) is 0 Å². The maximum Gasteiger partial charge on any atom is 0.273 e. The number of amides is 1. The van der Waals surface area contributed by atoms with E-state index in [1.54, 1.807) is 0 Å². The normalized spacial score (nSPS) is 19.6. The van der Waals surface area contributed by atoms with Crippen molar-refractivity contribution in [3.63, 3.8) is 0 Å². The van der Waals surface area contributed by atoms with Gasteiger partial charge in [0.05, 0.1) is 11.4 Å². The van der Waals surface area contributed by atoms with Crippen LogP contribution in [-0.2, 0) is 9.63 Å². The van der Waals surface area contributed by atoms with Gasteiger partial charge >= 0.3 is 0 Å². The van der Waals surface area contributed by atoms with E-state index < -0.39 is 0 Å². The van der Waals surface area contributed by atoms with Crippen LogP contribution in [-0.4, -0.2) is 24.7 Å². The first-order valence-electron chi connectivity index (χ1n) is 9.24. The van der Waals surface area contributed by atoms with Gasteiger partial charge in [-0.25, -0.2) is 0 Å². The van der Waals surface area contributed by atoms with Crippen LogP contribution in [0.25, 0.3) is 0 Å². The molecule has 0 radical (unpaired) electrons. The second-order valence-electron chi connectivity index (χ2n) is 6.77. The fourth-order valence-corrected chi connectivity index (χ4v) is 3.54. The molecule has 0 bridgehead atoms. The fraction of sp³-hybridized carbons (Fsp3) is 0.333. The van der Waals surface area contributed by atoms with Gasteiger partial charge in [0.15, 0.2) is 6.10 Å². The lowest BCUT2D eigenvalue weighted by atomic mass is 10.0. The van der Waals surface area contributed by atoms with Gasteiger partial charge in [-0.05, 0) is 37.0 Å². The van der Waals surface area contributed by atoms with Gasteiger partial charge in [0.2, 0.25) is 0 Å². The Bertz CT molecular complexity index is 798. The topological polar surface area (TPSA) is 53.9 Å². The van der Waals surface area contributed by atoms with Crippen LogP contribution in [0.4, 0.5) is 11.4 Å². The number of anilines is 2. The molecule has 134 valence electrons. The first-order chi connectivity index (χ1) is 12.8. The zero-order valence-corrected chi connectivity index (χ0v) is 14.7. The van der Waals surface area contributed by atoms with Crippen LogP contribution >= 0.6 is 0 Å². The molecule has 2 aliphatic rings. The van der Waals surface area contributed by atoms with E-state index in [-0.39, 0.29) is 12.0 Å². The summed E-state index contributed by atoms with van der Waals surface area (Å²) in [4.78, 5) is 20.5. The SMILES string of the molecule is O=C(Nc1ccccc1N1CCCCC1)C1=NOC(c2ccccc2)C1. The molecule has 26 heavy (non-hydrogen) atoms. The largest absolute Gasteiger partial charge is 0.387 e. The maximum absolute atomic E-state index is 12.7. The molecule has 1 amide bonds. The highest BCUT2D eigenvalue weighted by Gasteiger charge is 2.28. The van der Waals surface area contributed by atoms with Crippen LogP contribution in [0.3, 0.4) is 0 Å². The second kappa shape index (κ2) is 7.60. The highest BCUT2D eigenvalue weighted by molar-refractivity contribution is 6.43. The number of oxime groups is 1. The van der Waals surface area contributed by atoms with Crippen molar-refractivity contribution in [1.82, 2.24) is 0 Å². The van der Waals surface area contributed by atoms with Crippen molar-refractivity contribution in [2.75, 3.05) is 23.3 Å². The zero-order valence-electron chi connectivity index (χ0n) is 14.7. The van der Waals surface area contributed by atoms with Crippen LogP contribution in [0.5, 0.6) is 0 Å². The van der Waals surface area contributed by atoms with Crippen LogP contribution < -0.4 is 10.2 Å². The minimum absolute atomic E-state index is 0.186. The number of hydrogen-bond acceptors (Lipinski definition) is 4. The van der Waals surface area contributed by atoms with E-state index in [4.69, 9.17) is 4.84 Å². The molecular formula is C21H23N3O2. The van der Waals surface area contributed by atoms with Crippen LogP contribution in [0.2, 0.25) is 0 Å². The molecule has 5 nitrogen and oxygen atoms in total. The minimum Gasteiger partial charge on any atom is -0.387 e. The molecule has 1 fully saturated rings. The molecule has 0 spiro atoms. The van der Waals surface area contributed by atoms with Crippen molar-refractivity contribution >= 4 is 23.0 Å². The first kappa shape index (κ1) is 16.6. The molecule has 1 unspecified atom stereocenters. The van der Waals surface area contributed by atoms with E-state index in [2.05, 4.69) is 21.4 Å². The third kappa shape index (κ3) is 3.57. The molecule has 2 aliphatic heterocycles. The van der Waals surface area contributed by atoms with Crippen molar-refractivity contribution in [3.8, 4) is 0 Å². The van der Waals surface area contributed by atoms with Crippen LogP contribution in [0, 0.1) is 0 Å². The Morgan fingerprint density at radius 1 is 1.00 bits per heavy atom. The van der Waals surface area contributed by atoms with Crippen molar-refractivity contribution < 1.29 is 9.63 Å². The number of nitrogens with zero attached hydrogens (tertiary/aromatic N) is 2. The molecule has 2 aromatic rings. The number of piperidine rings is 1. The van der Waals surface area contributed by atoms with Gasteiger partial charge in [0.25, 0.3) is 5.91 Å². The number of carbonyl (C=O) groups excluding carboxylic acids is 1. The molecule has 2 aromatic carbocycles. The molecule has 0 aromatic heterocycles. The van der Waals surface area contributed by atoms with Gasteiger partial charge in [-0.1, -0.05) is 47.6 Å². The molecule has 1 N–H and O–H groups in total. The van der Waals surface area contributed by atoms with Gasteiger partial charge in [0, 0.05) is 19.5 Å². The van der Waals surface area contributed by atoms with Crippen molar-refractivity contribution in [3.05, 3.63) is 60.2 Å². The van der Waals surface area contributed by atoms with E-state index in [1.807, 2.05) is 48.5 Å². The molecule has 2 heterocycles. The maximum atomic E-state index is 12.7. The Balaban J connectivity index is 1.44. The molecule has 1 saturated heterocycles. The molecule has 5 heteroatoms. The summed E-state index contributed by atoms with van der Waals surface area (Å²) < 4.78 is 0. The summed E-state index contributed by atoms with van der Waals surface area (Å²) in [5.74, 6) is -0.187. The quantitative estimate of drug-likeness (QED) is 0.903. The smallest absolute Gasteiger partial charge is 0.273 e. The van der Waals surface area contributed by atoms with Crippen LogP contribution in [0.1, 0.15) is 37.4 Å². The standard InChI is InChI=1S/C21H23N3O2/c25-21(18-15-20(26-23-18)16-9-3-1-4-10-16)22-17-11-5-6-12-19(17)24-13-7-2-8-14-24/h1,3-6,9-12,20H,2,7-8,13-15H2,(H,22,25). The number of para-hydroxylation sites is 2. The van der Waals surface area contributed by atoms with Crippen LogP contribution in [0.15, 0.2) is 59.8 Å². The molecule has 0 saturated carbocycles. The highest BCUT2D eigenvalue weighted by atomic mass is 16.6. The number of carbonyl (C=O) groups is 1. The average molecular weight is 349 g/mol. The summed E-state index contributed by atoms with van der Waals surface area (Å²) in [6.45, 7) is 2.07.